The summed E-state index contributed by atoms with van der Waals surface area (Å²) in [5.74, 6) is 0.377. The monoisotopic (exact) mass is 239 g/mol. The van der Waals surface area contributed by atoms with Gasteiger partial charge in [0.1, 0.15) is 0 Å². The van der Waals surface area contributed by atoms with E-state index < -0.39 is 0 Å². The highest BCUT2D eigenvalue weighted by molar-refractivity contribution is 5.79. The maximum atomic E-state index is 12.3. The molecule has 1 amide bonds. The van der Waals surface area contributed by atoms with Crippen LogP contribution in [0.15, 0.2) is 12.7 Å². The third kappa shape index (κ3) is 4.90. The molecule has 98 valence electrons. The molecule has 0 saturated heterocycles. The van der Waals surface area contributed by atoms with Gasteiger partial charge in [0.15, 0.2) is 0 Å². The lowest BCUT2D eigenvalue weighted by Crippen LogP contribution is -2.38. The van der Waals surface area contributed by atoms with Crippen LogP contribution in [0, 0.1) is 5.92 Å². The lowest BCUT2D eigenvalue weighted by Gasteiger charge is -2.27. The van der Waals surface area contributed by atoms with E-state index in [1.807, 2.05) is 0 Å². The molecule has 0 radical (unpaired) electrons. The third-order valence-corrected chi connectivity index (χ3v) is 3.49. The smallest absolute Gasteiger partial charge is 0.226 e. The molecule has 0 aliphatic heterocycles. The Hall–Kier alpha value is -0.830. The first kappa shape index (κ1) is 14.2. The van der Waals surface area contributed by atoms with E-state index >= 15 is 0 Å². The molecule has 0 aromatic carbocycles. The Morgan fingerprint density at radius 2 is 1.82 bits per heavy atom. The number of aliphatic hydroxyl groups excluding tert-OH is 1. The first-order valence-electron chi connectivity index (χ1n) is 6.80. The zero-order chi connectivity index (χ0) is 12.5. The molecular weight excluding hydrogens is 214 g/mol. The van der Waals surface area contributed by atoms with E-state index in [1.165, 1.54) is 19.3 Å². The average molecular weight is 239 g/mol. The molecule has 0 bridgehead atoms. The molecule has 0 spiro atoms. The van der Waals surface area contributed by atoms with Crippen LogP contribution >= 0.6 is 0 Å². The van der Waals surface area contributed by atoms with Crippen molar-refractivity contribution in [3.8, 4) is 0 Å². The molecule has 3 heteroatoms. The summed E-state index contributed by atoms with van der Waals surface area (Å²) >= 11 is 0. The van der Waals surface area contributed by atoms with Gasteiger partial charge in [-0.25, -0.2) is 0 Å². The summed E-state index contributed by atoms with van der Waals surface area (Å²) in [5, 5.41) is 8.98. The van der Waals surface area contributed by atoms with Crippen molar-refractivity contribution in [3.63, 3.8) is 0 Å². The minimum Gasteiger partial charge on any atom is -0.395 e. The molecule has 1 aliphatic carbocycles. The second kappa shape index (κ2) is 8.29. The number of carbonyl (C=O) groups excluding carboxylic acids is 1. The predicted molar refractivity (Wildman–Crippen MR) is 69.7 cm³/mol. The van der Waals surface area contributed by atoms with Gasteiger partial charge in [-0.2, -0.15) is 0 Å². The van der Waals surface area contributed by atoms with Crippen molar-refractivity contribution in [1.29, 1.82) is 0 Å². The van der Waals surface area contributed by atoms with Gasteiger partial charge in [-0.3, -0.25) is 4.79 Å². The molecule has 1 aliphatic rings. The van der Waals surface area contributed by atoms with Gasteiger partial charge in [-0.1, -0.05) is 38.2 Å². The van der Waals surface area contributed by atoms with E-state index in [1.54, 1.807) is 11.0 Å². The highest BCUT2D eigenvalue weighted by Crippen LogP contribution is 2.23. The van der Waals surface area contributed by atoms with Crippen molar-refractivity contribution < 1.29 is 9.90 Å². The van der Waals surface area contributed by atoms with Gasteiger partial charge < -0.3 is 10.0 Å². The Kier molecular flexibility index (Phi) is 6.94. The van der Waals surface area contributed by atoms with Crippen LogP contribution in [0.3, 0.4) is 0 Å². The fourth-order valence-electron chi connectivity index (χ4n) is 2.53. The maximum absolute atomic E-state index is 12.3. The fraction of sp³-hybridized carbons (Fsp3) is 0.786. The van der Waals surface area contributed by atoms with Gasteiger partial charge in [-0.15, -0.1) is 6.58 Å². The Bertz CT molecular complexity index is 232. The molecule has 0 aromatic rings. The normalized spacial score (nSPS) is 18.2. The van der Waals surface area contributed by atoms with Crippen LogP contribution < -0.4 is 0 Å². The van der Waals surface area contributed by atoms with Crippen LogP contribution in [-0.4, -0.2) is 35.6 Å². The zero-order valence-electron chi connectivity index (χ0n) is 10.7. The highest BCUT2D eigenvalue weighted by atomic mass is 16.3. The molecule has 3 nitrogen and oxygen atoms in total. The molecule has 0 atom stereocenters. The van der Waals surface area contributed by atoms with Crippen LogP contribution in [0.2, 0.25) is 0 Å². The number of carbonyl (C=O) groups is 1. The summed E-state index contributed by atoms with van der Waals surface area (Å²) < 4.78 is 0. The summed E-state index contributed by atoms with van der Waals surface area (Å²) in [7, 11) is 0. The molecule has 0 unspecified atom stereocenters. The minimum atomic E-state index is 0.0340. The van der Waals surface area contributed by atoms with Crippen LogP contribution in [0.5, 0.6) is 0 Å². The number of rotatable bonds is 5. The Morgan fingerprint density at radius 1 is 1.24 bits per heavy atom. The van der Waals surface area contributed by atoms with Crippen LogP contribution in [0.1, 0.15) is 44.9 Å². The predicted octanol–water partition coefficient (Wildman–Crippen LogP) is 2.35. The fourth-order valence-corrected chi connectivity index (χ4v) is 2.53. The Morgan fingerprint density at radius 3 is 2.35 bits per heavy atom. The SMILES string of the molecule is C=CCN(CCO)C(=O)C1CCCCCCC1. The quantitative estimate of drug-likeness (QED) is 0.748. The van der Waals surface area contributed by atoms with Crippen molar-refractivity contribution in [3.05, 3.63) is 12.7 Å². The van der Waals surface area contributed by atoms with Gasteiger partial charge in [0, 0.05) is 19.0 Å². The van der Waals surface area contributed by atoms with Gasteiger partial charge in [0.05, 0.1) is 6.61 Å². The molecule has 1 N–H and O–H groups in total. The topological polar surface area (TPSA) is 40.5 Å². The van der Waals surface area contributed by atoms with Crippen molar-refractivity contribution in [1.82, 2.24) is 4.90 Å². The molecular formula is C14H25NO2. The van der Waals surface area contributed by atoms with E-state index in [9.17, 15) is 4.79 Å². The van der Waals surface area contributed by atoms with Crippen LogP contribution in [0.4, 0.5) is 0 Å². The van der Waals surface area contributed by atoms with Gasteiger partial charge in [0.2, 0.25) is 5.91 Å². The van der Waals surface area contributed by atoms with E-state index in [2.05, 4.69) is 6.58 Å². The Balaban J connectivity index is 2.53. The molecule has 0 aromatic heterocycles. The number of aliphatic hydroxyl groups is 1. The first-order valence-corrected chi connectivity index (χ1v) is 6.80. The molecule has 1 fully saturated rings. The maximum Gasteiger partial charge on any atom is 0.226 e. The van der Waals surface area contributed by atoms with Gasteiger partial charge in [-0.05, 0) is 12.8 Å². The van der Waals surface area contributed by atoms with Crippen LogP contribution in [0.25, 0.3) is 0 Å². The summed E-state index contributed by atoms with van der Waals surface area (Å²) in [5.41, 5.74) is 0. The highest BCUT2D eigenvalue weighted by Gasteiger charge is 2.23. The van der Waals surface area contributed by atoms with E-state index in [4.69, 9.17) is 5.11 Å². The first-order chi connectivity index (χ1) is 8.29. The molecule has 1 rings (SSSR count). The molecule has 0 heterocycles. The van der Waals surface area contributed by atoms with E-state index in [-0.39, 0.29) is 18.4 Å². The van der Waals surface area contributed by atoms with Crippen LogP contribution in [-0.2, 0) is 4.79 Å². The largest absolute Gasteiger partial charge is 0.395 e. The second-order valence-corrected chi connectivity index (χ2v) is 4.84. The number of hydrogen-bond acceptors (Lipinski definition) is 2. The standard InChI is InChI=1S/C14H25NO2/c1-2-10-15(11-12-16)14(17)13-8-6-4-3-5-7-9-13/h2,13,16H,1,3-12H2. The van der Waals surface area contributed by atoms with Crippen molar-refractivity contribution in [2.45, 2.75) is 44.9 Å². The summed E-state index contributed by atoms with van der Waals surface area (Å²) in [4.78, 5) is 14.0. The zero-order valence-corrected chi connectivity index (χ0v) is 10.7. The second-order valence-electron chi connectivity index (χ2n) is 4.84. The number of nitrogens with zero attached hydrogens (tertiary/aromatic N) is 1. The van der Waals surface area contributed by atoms with Gasteiger partial charge >= 0.3 is 0 Å². The van der Waals surface area contributed by atoms with E-state index in [0.717, 1.165) is 25.7 Å². The third-order valence-electron chi connectivity index (χ3n) is 3.49. The molecule has 17 heavy (non-hydrogen) atoms. The average Bonchev–Trinajstić information content (AvgIpc) is 2.27. The Labute approximate surface area is 105 Å². The van der Waals surface area contributed by atoms with Gasteiger partial charge in [0.25, 0.3) is 0 Å². The number of amides is 1. The van der Waals surface area contributed by atoms with Crippen molar-refractivity contribution in [2.24, 2.45) is 5.92 Å². The summed E-state index contributed by atoms with van der Waals surface area (Å²) in [6.07, 6.45) is 9.91. The van der Waals surface area contributed by atoms with E-state index in [0.29, 0.717) is 13.1 Å². The lowest BCUT2D eigenvalue weighted by atomic mass is 9.90. The van der Waals surface area contributed by atoms with Crippen molar-refractivity contribution in [2.75, 3.05) is 19.7 Å². The number of hydrogen-bond donors (Lipinski definition) is 1. The summed E-state index contributed by atoms with van der Waals surface area (Å²) in [6.45, 7) is 4.69. The van der Waals surface area contributed by atoms with Crippen molar-refractivity contribution >= 4 is 5.91 Å². The molecule has 1 saturated carbocycles. The lowest BCUT2D eigenvalue weighted by molar-refractivity contribution is -0.136. The summed E-state index contributed by atoms with van der Waals surface area (Å²) in [6, 6.07) is 0. The minimum absolute atomic E-state index is 0.0340.